The highest BCUT2D eigenvalue weighted by atomic mass is 16.6. The third-order valence-electron chi connectivity index (χ3n) is 6.96. The van der Waals surface area contributed by atoms with Gasteiger partial charge in [-0.2, -0.15) is 5.10 Å². The summed E-state index contributed by atoms with van der Waals surface area (Å²) >= 11 is 0. The number of piperazine rings is 1. The molecule has 34 heavy (non-hydrogen) atoms. The maximum absolute atomic E-state index is 12.9. The summed E-state index contributed by atoms with van der Waals surface area (Å²) in [6.07, 6.45) is 5.14. The third kappa shape index (κ3) is 4.05. The first-order chi connectivity index (χ1) is 16.5. The topological polar surface area (TPSA) is 101 Å². The zero-order chi connectivity index (χ0) is 23.8. The molecule has 5 rings (SSSR count). The molecule has 4 heterocycles. The Hall–Kier alpha value is -3.30. The molecule has 0 N–H and O–H groups in total. The normalized spacial score (nSPS) is 17.5. The second kappa shape index (κ2) is 9.15. The minimum atomic E-state index is -0.330. The highest BCUT2D eigenvalue weighted by Gasteiger charge is 2.32. The van der Waals surface area contributed by atoms with E-state index in [4.69, 9.17) is 14.3 Å². The van der Waals surface area contributed by atoms with Crippen molar-refractivity contribution >= 4 is 17.9 Å². The molecule has 0 spiro atoms. The van der Waals surface area contributed by atoms with Crippen molar-refractivity contribution in [2.24, 2.45) is 0 Å². The number of nitrogens with zero attached hydrogens (tertiary/aromatic N) is 5. The average Bonchev–Trinajstić information content (AvgIpc) is 3.57. The van der Waals surface area contributed by atoms with Crippen LogP contribution in [0.15, 0.2) is 10.6 Å². The summed E-state index contributed by atoms with van der Waals surface area (Å²) in [6.45, 7) is 7.62. The van der Waals surface area contributed by atoms with E-state index in [0.717, 1.165) is 60.5 Å². The number of rotatable bonds is 4. The Morgan fingerprint density at radius 3 is 2.41 bits per heavy atom. The van der Waals surface area contributed by atoms with E-state index in [2.05, 4.69) is 0 Å². The summed E-state index contributed by atoms with van der Waals surface area (Å²) in [5, 5.41) is 4.73. The maximum atomic E-state index is 12.9. The van der Waals surface area contributed by atoms with Crippen LogP contribution in [0.2, 0.25) is 0 Å². The fourth-order valence-corrected chi connectivity index (χ4v) is 5.10. The highest BCUT2D eigenvalue weighted by molar-refractivity contribution is 5.95. The van der Waals surface area contributed by atoms with Crippen molar-refractivity contribution in [1.29, 1.82) is 0 Å². The second-order valence-corrected chi connectivity index (χ2v) is 9.12. The maximum Gasteiger partial charge on any atom is 0.409 e. The van der Waals surface area contributed by atoms with Crippen LogP contribution in [0.4, 0.5) is 4.79 Å². The van der Waals surface area contributed by atoms with E-state index >= 15 is 0 Å². The standard InChI is InChI=1S/C24H31N5O5/c1-3-33-24(32)28-12-10-26(11-13-28)19(30)15-29-14-17-6-7-18-20(21(17)25-29)16(2)22(34-18)23(31)27-8-4-5-9-27/h14H,3-13,15H2,1-2H3. The van der Waals surface area contributed by atoms with Gasteiger partial charge >= 0.3 is 6.09 Å². The quantitative estimate of drug-likeness (QED) is 0.680. The van der Waals surface area contributed by atoms with Gasteiger partial charge in [0.1, 0.15) is 12.3 Å². The van der Waals surface area contributed by atoms with Crippen molar-refractivity contribution in [1.82, 2.24) is 24.5 Å². The lowest BCUT2D eigenvalue weighted by Crippen LogP contribution is -2.51. The van der Waals surface area contributed by atoms with Crippen LogP contribution >= 0.6 is 0 Å². The molecule has 0 bridgehead atoms. The molecule has 0 unspecified atom stereocenters. The lowest BCUT2D eigenvalue weighted by atomic mass is 9.93. The van der Waals surface area contributed by atoms with Crippen LogP contribution in [-0.2, 0) is 28.9 Å². The lowest BCUT2D eigenvalue weighted by molar-refractivity contribution is -0.133. The Morgan fingerprint density at radius 1 is 1.00 bits per heavy atom. The minimum absolute atomic E-state index is 0.0302. The molecule has 2 aromatic heterocycles. The van der Waals surface area contributed by atoms with Gasteiger partial charge in [-0.1, -0.05) is 0 Å². The molecule has 2 fully saturated rings. The van der Waals surface area contributed by atoms with Crippen molar-refractivity contribution in [3.05, 3.63) is 28.8 Å². The van der Waals surface area contributed by atoms with E-state index in [1.165, 1.54) is 0 Å². The number of fused-ring (bicyclic) bond motifs is 3. The van der Waals surface area contributed by atoms with Crippen LogP contribution < -0.4 is 0 Å². The van der Waals surface area contributed by atoms with Gasteiger partial charge < -0.3 is 23.9 Å². The van der Waals surface area contributed by atoms with Crippen molar-refractivity contribution < 1.29 is 23.5 Å². The number of likely N-dealkylation sites (tertiary alicyclic amines) is 1. The first-order valence-electron chi connectivity index (χ1n) is 12.1. The number of hydrogen-bond acceptors (Lipinski definition) is 6. The van der Waals surface area contributed by atoms with Crippen LogP contribution in [0.25, 0.3) is 11.3 Å². The third-order valence-corrected chi connectivity index (χ3v) is 6.96. The van der Waals surface area contributed by atoms with E-state index in [9.17, 15) is 14.4 Å². The van der Waals surface area contributed by atoms with E-state index in [1.54, 1.807) is 21.4 Å². The fourth-order valence-electron chi connectivity index (χ4n) is 5.10. The molecule has 10 heteroatoms. The van der Waals surface area contributed by atoms with Gasteiger partial charge in [0.25, 0.3) is 5.91 Å². The van der Waals surface area contributed by atoms with Gasteiger partial charge in [-0.15, -0.1) is 0 Å². The van der Waals surface area contributed by atoms with E-state index in [-0.39, 0.29) is 24.5 Å². The summed E-state index contributed by atoms with van der Waals surface area (Å²) in [7, 11) is 0. The molecule has 0 radical (unpaired) electrons. The molecule has 0 aromatic carbocycles. The summed E-state index contributed by atoms with van der Waals surface area (Å²) in [5.41, 5.74) is 3.61. The number of hydrogen-bond donors (Lipinski definition) is 0. The van der Waals surface area contributed by atoms with Gasteiger partial charge in [-0.25, -0.2) is 4.79 Å². The van der Waals surface area contributed by atoms with Gasteiger partial charge in [0.15, 0.2) is 5.76 Å². The van der Waals surface area contributed by atoms with Crippen molar-refractivity contribution in [2.45, 2.75) is 46.1 Å². The Balaban J connectivity index is 1.28. The Bertz CT molecular complexity index is 1110. The Labute approximate surface area is 198 Å². The number of furan rings is 1. The van der Waals surface area contributed by atoms with Gasteiger partial charge in [0, 0.05) is 63.0 Å². The first-order valence-corrected chi connectivity index (χ1v) is 12.1. The number of carbonyl (C=O) groups is 3. The van der Waals surface area contributed by atoms with Crippen molar-refractivity contribution in [2.75, 3.05) is 45.9 Å². The largest absolute Gasteiger partial charge is 0.455 e. The predicted molar refractivity (Wildman–Crippen MR) is 122 cm³/mol. The lowest BCUT2D eigenvalue weighted by Gasteiger charge is -2.34. The van der Waals surface area contributed by atoms with Crippen LogP contribution in [0.5, 0.6) is 0 Å². The van der Waals surface area contributed by atoms with E-state index < -0.39 is 0 Å². The average molecular weight is 470 g/mol. The van der Waals surface area contributed by atoms with Gasteiger partial charge in [-0.05, 0) is 38.7 Å². The summed E-state index contributed by atoms with van der Waals surface area (Å²) in [6, 6.07) is 0. The zero-order valence-corrected chi connectivity index (χ0v) is 19.8. The molecule has 3 aliphatic rings. The Kier molecular flexibility index (Phi) is 6.05. The molecule has 0 atom stereocenters. The highest BCUT2D eigenvalue weighted by Crippen LogP contribution is 2.38. The van der Waals surface area contributed by atoms with Gasteiger partial charge in [-0.3, -0.25) is 14.3 Å². The molecule has 10 nitrogen and oxygen atoms in total. The summed E-state index contributed by atoms with van der Waals surface area (Å²) in [5.74, 6) is 1.16. The van der Waals surface area contributed by atoms with Crippen LogP contribution in [-0.4, -0.2) is 88.3 Å². The number of carbonyl (C=O) groups excluding carboxylic acids is 3. The number of ether oxygens (including phenoxy) is 1. The van der Waals surface area contributed by atoms with Gasteiger partial charge in [0.2, 0.25) is 5.91 Å². The van der Waals surface area contributed by atoms with E-state index in [0.29, 0.717) is 45.0 Å². The number of amides is 3. The number of aryl methyl sites for hydroxylation is 2. The molecule has 3 amide bonds. The molecule has 2 saturated heterocycles. The van der Waals surface area contributed by atoms with Crippen LogP contribution in [0.3, 0.4) is 0 Å². The second-order valence-electron chi connectivity index (χ2n) is 9.12. The first kappa shape index (κ1) is 22.5. The molecule has 1 aliphatic carbocycles. The van der Waals surface area contributed by atoms with Crippen LogP contribution in [0.1, 0.15) is 47.2 Å². The zero-order valence-electron chi connectivity index (χ0n) is 19.8. The number of aromatic nitrogens is 2. The Morgan fingerprint density at radius 2 is 1.71 bits per heavy atom. The molecule has 0 saturated carbocycles. The minimum Gasteiger partial charge on any atom is -0.455 e. The smallest absolute Gasteiger partial charge is 0.409 e. The van der Waals surface area contributed by atoms with Crippen molar-refractivity contribution in [3.8, 4) is 11.3 Å². The molecule has 2 aromatic rings. The molecule has 2 aliphatic heterocycles. The summed E-state index contributed by atoms with van der Waals surface area (Å²) in [4.78, 5) is 43.0. The molecular formula is C24H31N5O5. The van der Waals surface area contributed by atoms with Gasteiger partial charge in [0.05, 0.1) is 12.3 Å². The summed E-state index contributed by atoms with van der Waals surface area (Å²) < 4.78 is 12.8. The molecular weight excluding hydrogens is 438 g/mol. The monoisotopic (exact) mass is 469 g/mol. The predicted octanol–water partition coefficient (Wildman–Crippen LogP) is 2.09. The van der Waals surface area contributed by atoms with Crippen LogP contribution in [0, 0.1) is 6.92 Å². The fraction of sp³-hybridized carbons (Fsp3) is 0.583. The molecule has 182 valence electrons. The van der Waals surface area contributed by atoms with Crippen molar-refractivity contribution in [3.63, 3.8) is 0 Å². The van der Waals surface area contributed by atoms with E-state index in [1.807, 2.05) is 18.0 Å². The SMILES string of the molecule is CCOC(=O)N1CCN(C(=O)Cn2cc3c(n2)-c2c(oc(C(=O)N4CCCC4)c2C)CC3)CC1.